The van der Waals surface area contributed by atoms with Gasteiger partial charge in [0.05, 0.1) is 0 Å². The molecule has 0 bridgehead atoms. The number of ether oxygens (including phenoxy) is 1. The van der Waals surface area contributed by atoms with Crippen LogP contribution in [-0.2, 0) is 19.1 Å². The Morgan fingerprint density at radius 3 is 2.36 bits per heavy atom. The lowest BCUT2D eigenvalue weighted by molar-refractivity contribution is -0.156. The molecule has 22 heavy (non-hydrogen) atoms. The number of esters is 1. The van der Waals surface area contributed by atoms with Gasteiger partial charge in [-0.15, -0.1) is 0 Å². The first-order valence-corrected chi connectivity index (χ1v) is 7.78. The van der Waals surface area contributed by atoms with Crippen molar-refractivity contribution in [2.24, 2.45) is 11.3 Å². The molecule has 1 aliphatic heterocycles. The Bertz CT molecular complexity index is 428. The van der Waals surface area contributed by atoms with Crippen molar-refractivity contribution in [2.45, 2.75) is 71.9 Å². The second kappa shape index (κ2) is 7.61. The summed E-state index contributed by atoms with van der Waals surface area (Å²) in [4.78, 5) is 32.0. The third-order valence-electron chi connectivity index (χ3n) is 3.91. The number of rotatable bonds is 2. The van der Waals surface area contributed by atoms with E-state index < -0.39 is 12.0 Å². The van der Waals surface area contributed by atoms with Crippen LogP contribution in [0.5, 0.6) is 0 Å². The quantitative estimate of drug-likeness (QED) is 0.762. The summed E-state index contributed by atoms with van der Waals surface area (Å²) in [6.07, 6.45) is 4.06. The highest BCUT2D eigenvalue weighted by Gasteiger charge is 2.36. The largest absolute Gasteiger partial charge is 0.481 e. The van der Waals surface area contributed by atoms with Crippen molar-refractivity contribution < 1.29 is 24.2 Å². The second-order valence-corrected chi connectivity index (χ2v) is 7.15. The minimum absolute atomic E-state index is 0.00810. The number of hydrogen-bond acceptors (Lipinski definition) is 4. The smallest absolute Gasteiger partial charge is 0.328 e. The van der Waals surface area contributed by atoms with Crippen LogP contribution in [0.1, 0.15) is 59.8 Å². The maximum absolute atomic E-state index is 11.9. The molecule has 126 valence electrons. The molecule has 1 saturated carbocycles. The predicted molar refractivity (Wildman–Crippen MR) is 81.2 cm³/mol. The second-order valence-electron chi connectivity index (χ2n) is 7.15. The maximum atomic E-state index is 11.9. The van der Waals surface area contributed by atoms with Gasteiger partial charge >= 0.3 is 5.97 Å². The van der Waals surface area contributed by atoms with E-state index >= 15 is 0 Å². The summed E-state index contributed by atoms with van der Waals surface area (Å²) < 4.78 is 5.58. The first kappa shape index (κ1) is 18.5. The minimum Gasteiger partial charge on any atom is -0.481 e. The zero-order valence-electron chi connectivity index (χ0n) is 13.8. The van der Waals surface area contributed by atoms with Gasteiger partial charge in [0.25, 0.3) is 5.97 Å². The van der Waals surface area contributed by atoms with Gasteiger partial charge in [-0.1, -0.05) is 20.8 Å². The molecule has 6 nitrogen and oxygen atoms in total. The molecule has 2 fully saturated rings. The van der Waals surface area contributed by atoms with Crippen LogP contribution >= 0.6 is 0 Å². The number of nitrogens with one attached hydrogen (secondary N) is 1. The lowest BCUT2D eigenvalue weighted by atomic mass is 9.71. The van der Waals surface area contributed by atoms with E-state index in [9.17, 15) is 9.59 Å². The summed E-state index contributed by atoms with van der Waals surface area (Å²) in [5, 5.41) is 10.1. The fraction of sp³-hybridized carbons (Fsp3) is 0.812. The Balaban J connectivity index is 0.000000541. The standard InChI is InChI=1S/C14H23NO3.C2H4O2/c1-9-6-10(8-14(2,3)7-9)18-13(17)11-4-5-12(16)15-11;1-2(3)4/h9-11H,4-8H2,1-3H3,(H,15,16);1H3,(H,3,4)/t9-,10+,11-;/m0./s1. The Morgan fingerprint density at radius 1 is 1.32 bits per heavy atom. The number of carboxylic acid groups (broad SMARTS) is 1. The monoisotopic (exact) mass is 313 g/mol. The molecule has 0 unspecified atom stereocenters. The van der Waals surface area contributed by atoms with E-state index in [0.717, 1.165) is 19.8 Å². The number of amides is 1. The molecule has 0 spiro atoms. The highest BCUT2D eigenvalue weighted by atomic mass is 16.5. The zero-order chi connectivity index (χ0) is 16.9. The SMILES string of the molecule is CC(=O)O.C[C@H]1C[C@@H](OC(=O)[C@@H]2CCC(=O)N2)CC(C)(C)C1. The molecule has 0 aromatic carbocycles. The Kier molecular flexibility index (Phi) is 6.38. The van der Waals surface area contributed by atoms with Gasteiger partial charge in [0.1, 0.15) is 12.1 Å². The fourth-order valence-corrected chi connectivity index (χ4v) is 3.39. The van der Waals surface area contributed by atoms with Crippen molar-refractivity contribution >= 4 is 17.8 Å². The van der Waals surface area contributed by atoms with Crippen LogP contribution in [0.25, 0.3) is 0 Å². The highest BCUT2D eigenvalue weighted by molar-refractivity contribution is 5.88. The van der Waals surface area contributed by atoms with Crippen molar-refractivity contribution in [1.82, 2.24) is 5.32 Å². The summed E-state index contributed by atoms with van der Waals surface area (Å²) >= 11 is 0. The Hall–Kier alpha value is -1.59. The normalized spacial score (nSPS) is 29.8. The molecule has 3 atom stereocenters. The van der Waals surface area contributed by atoms with Gasteiger partial charge in [-0.2, -0.15) is 0 Å². The molecule has 1 amide bonds. The number of hydrogen-bond donors (Lipinski definition) is 2. The summed E-state index contributed by atoms with van der Waals surface area (Å²) in [5.41, 5.74) is 0.238. The third-order valence-corrected chi connectivity index (χ3v) is 3.91. The van der Waals surface area contributed by atoms with Gasteiger partial charge in [0.2, 0.25) is 5.91 Å². The van der Waals surface area contributed by atoms with Gasteiger partial charge in [-0.3, -0.25) is 9.59 Å². The number of carbonyl (C=O) groups excluding carboxylic acids is 2. The molecule has 2 N–H and O–H groups in total. The maximum Gasteiger partial charge on any atom is 0.328 e. The van der Waals surface area contributed by atoms with Crippen LogP contribution in [0.4, 0.5) is 0 Å². The van der Waals surface area contributed by atoms with Crippen molar-refractivity contribution in [3.05, 3.63) is 0 Å². The van der Waals surface area contributed by atoms with E-state index in [0.29, 0.717) is 18.8 Å². The van der Waals surface area contributed by atoms with Gasteiger partial charge in [-0.05, 0) is 37.0 Å². The summed E-state index contributed by atoms with van der Waals surface area (Å²) in [6.45, 7) is 7.74. The Labute approximate surface area is 131 Å². The lowest BCUT2D eigenvalue weighted by Gasteiger charge is -2.38. The molecule has 1 saturated heterocycles. The number of carbonyl (C=O) groups is 3. The molecule has 0 radical (unpaired) electrons. The fourth-order valence-electron chi connectivity index (χ4n) is 3.39. The first-order chi connectivity index (χ1) is 10.1. The minimum atomic E-state index is -0.833. The van der Waals surface area contributed by atoms with Crippen molar-refractivity contribution in [2.75, 3.05) is 0 Å². The summed E-state index contributed by atoms with van der Waals surface area (Å²) in [5.74, 6) is -0.547. The number of aliphatic carboxylic acids is 1. The van der Waals surface area contributed by atoms with Crippen molar-refractivity contribution in [1.29, 1.82) is 0 Å². The molecule has 1 aliphatic carbocycles. The van der Waals surface area contributed by atoms with Crippen LogP contribution in [-0.4, -0.2) is 35.1 Å². The first-order valence-electron chi connectivity index (χ1n) is 7.78. The van der Waals surface area contributed by atoms with E-state index in [4.69, 9.17) is 14.6 Å². The molecular weight excluding hydrogens is 286 g/mol. The lowest BCUT2D eigenvalue weighted by Crippen LogP contribution is -2.40. The Morgan fingerprint density at radius 2 is 1.91 bits per heavy atom. The van der Waals surface area contributed by atoms with E-state index in [1.807, 2.05) is 0 Å². The van der Waals surface area contributed by atoms with Crippen LogP contribution in [0, 0.1) is 11.3 Å². The average Bonchev–Trinajstić information content (AvgIpc) is 2.72. The zero-order valence-corrected chi connectivity index (χ0v) is 13.8. The van der Waals surface area contributed by atoms with E-state index in [-0.39, 0.29) is 23.4 Å². The van der Waals surface area contributed by atoms with Crippen LogP contribution in [0.15, 0.2) is 0 Å². The molecule has 0 aromatic rings. The number of carboxylic acids is 1. The summed E-state index contributed by atoms with van der Waals surface area (Å²) in [6, 6.07) is -0.419. The van der Waals surface area contributed by atoms with E-state index in [2.05, 4.69) is 26.1 Å². The van der Waals surface area contributed by atoms with Gasteiger partial charge in [-0.25, -0.2) is 4.79 Å². The third kappa shape index (κ3) is 6.45. The highest BCUT2D eigenvalue weighted by Crippen LogP contribution is 2.39. The molecular formula is C16H27NO5. The molecule has 2 rings (SSSR count). The van der Waals surface area contributed by atoms with Crippen molar-refractivity contribution in [3.8, 4) is 0 Å². The molecule has 6 heteroatoms. The van der Waals surface area contributed by atoms with Crippen LogP contribution < -0.4 is 5.32 Å². The van der Waals surface area contributed by atoms with Gasteiger partial charge in [0, 0.05) is 13.3 Å². The van der Waals surface area contributed by atoms with E-state index in [1.165, 1.54) is 6.42 Å². The predicted octanol–water partition coefficient (Wildman–Crippen LogP) is 2.11. The molecule has 1 heterocycles. The van der Waals surface area contributed by atoms with Gasteiger partial charge < -0.3 is 15.2 Å². The topological polar surface area (TPSA) is 92.7 Å². The molecule has 0 aromatic heterocycles. The average molecular weight is 313 g/mol. The van der Waals surface area contributed by atoms with Crippen LogP contribution in [0.2, 0.25) is 0 Å². The van der Waals surface area contributed by atoms with Crippen molar-refractivity contribution in [3.63, 3.8) is 0 Å². The summed E-state index contributed by atoms with van der Waals surface area (Å²) in [7, 11) is 0. The molecule has 2 aliphatic rings. The van der Waals surface area contributed by atoms with Gasteiger partial charge in [0.15, 0.2) is 0 Å². The van der Waals surface area contributed by atoms with E-state index in [1.54, 1.807) is 0 Å². The van der Waals surface area contributed by atoms with Crippen LogP contribution in [0.3, 0.4) is 0 Å².